The molecule has 0 spiro atoms. The number of nitrogens with one attached hydrogen (secondary N) is 1. The van der Waals surface area contributed by atoms with Crippen LogP contribution >= 0.6 is 0 Å². The third kappa shape index (κ3) is 3.80. The average molecular weight is 263 g/mol. The van der Waals surface area contributed by atoms with Crippen LogP contribution in [-0.4, -0.2) is 20.1 Å². The zero-order chi connectivity index (χ0) is 14.4. The van der Waals surface area contributed by atoms with Crippen molar-refractivity contribution in [3.63, 3.8) is 0 Å². The average Bonchev–Trinajstić information content (AvgIpc) is 2.44. The zero-order valence-corrected chi connectivity index (χ0v) is 12.6. The van der Waals surface area contributed by atoms with Gasteiger partial charge in [-0.2, -0.15) is 0 Å². The molecule has 19 heavy (non-hydrogen) atoms. The Labute approximate surface area is 116 Å². The van der Waals surface area contributed by atoms with Gasteiger partial charge in [0.2, 0.25) is 0 Å². The molecule has 0 amide bonds. The van der Waals surface area contributed by atoms with E-state index in [4.69, 9.17) is 4.74 Å². The second-order valence-electron chi connectivity index (χ2n) is 5.13. The lowest BCUT2D eigenvalue weighted by Gasteiger charge is -2.24. The highest BCUT2D eigenvalue weighted by Crippen LogP contribution is 2.27. The van der Waals surface area contributed by atoms with Crippen molar-refractivity contribution in [2.45, 2.75) is 39.2 Å². The normalized spacial score (nSPS) is 14.2. The Morgan fingerprint density at radius 2 is 1.74 bits per heavy atom. The summed E-state index contributed by atoms with van der Waals surface area (Å²) in [6.45, 7) is 6.36. The van der Waals surface area contributed by atoms with E-state index in [9.17, 15) is 4.79 Å². The summed E-state index contributed by atoms with van der Waals surface area (Å²) >= 11 is 0. The van der Waals surface area contributed by atoms with Gasteiger partial charge in [0, 0.05) is 6.04 Å². The van der Waals surface area contributed by atoms with Gasteiger partial charge in [-0.3, -0.25) is 4.79 Å². The Morgan fingerprint density at radius 3 is 2.11 bits per heavy atom. The molecule has 1 aromatic rings. The fourth-order valence-electron chi connectivity index (χ4n) is 2.38. The van der Waals surface area contributed by atoms with Gasteiger partial charge in [-0.15, -0.1) is 0 Å². The van der Waals surface area contributed by atoms with E-state index in [-0.39, 0.29) is 17.9 Å². The number of hydrogen-bond donors (Lipinski definition) is 1. The first-order valence-electron chi connectivity index (χ1n) is 6.90. The number of hydrogen-bond acceptors (Lipinski definition) is 3. The number of ether oxygens (including phenoxy) is 1. The molecule has 0 aliphatic heterocycles. The van der Waals surface area contributed by atoms with Gasteiger partial charge in [0.25, 0.3) is 0 Å². The van der Waals surface area contributed by atoms with E-state index in [0.29, 0.717) is 5.92 Å². The van der Waals surface area contributed by atoms with E-state index in [2.05, 4.69) is 43.4 Å². The molecule has 0 radical (unpaired) electrons. The maximum Gasteiger partial charge on any atom is 0.310 e. The molecule has 0 aliphatic rings. The molecule has 0 aromatic heterocycles. The summed E-state index contributed by atoms with van der Waals surface area (Å²) in [5.74, 6) is 0.208. The van der Waals surface area contributed by atoms with Crippen LogP contribution in [0.4, 0.5) is 0 Å². The first kappa shape index (κ1) is 15.7. The van der Waals surface area contributed by atoms with E-state index in [0.717, 1.165) is 12.0 Å². The van der Waals surface area contributed by atoms with Crippen molar-refractivity contribution >= 4 is 5.97 Å². The number of carbonyl (C=O) groups is 1. The van der Waals surface area contributed by atoms with Crippen LogP contribution in [-0.2, 0) is 9.53 Å². The molecule has 106 valence electrons. The quantitative estimate of drug-likeness (QED) is 0.801. The van der Waals surface area contributed by atoms with Crippen LogP contribution < -0.4 is 5.32 Å². The highest BCUT2D eigenvalue weighted by Gasteiger charge is 2.27. The van der Waals surface area contributed by atoms with Crippen LogP contribution in [0.5, 0.6) is 0 Å². The topological polar surface area (TPSA) is 38.3 Å². The maximum atomic E-state index is 11.8. The second kappa shape index (κ2) is 7.29. The minimum atomic E-state index is -0.158. The lowest BCUT2D eigenvalue weighted by Crippen LogP contribution is -2.31. The first-order chi connectivity index (χ1) is 9.04. The Balaban J connectivity index is 2.98. The summed E-state index contributed by atoms with van der Waals surface area (Å²) in [5, 5.41) is 3.23. The molecule has 1 N–H and O–H groups in total. The SMILES string of the molecule is CCC(C(=O)OC)C(NC)c1ccc(C(C)C)cc1. The van der Waals surface area contributed by atoms with Crippen molar-refractivity contribution in [3.05, 3.63) is 35.4 Å². The molecule has 1 aromatic carbocycles. The number of rotatable bonds is 6. The monoisotopic (exact) mass is 263 g/mol. The van der Waals surface area contributed by atoms with E-state index < -0.39 is 0 Å². The summed E-state index contributed by atoms with van der Waals surface area (Å²) in [6, 6.07) is 8.46. The van der Waals surface area contributed by atoms with Crippen molar-refractivity contribution in [2.24, 2.45) is 5.92 Å². The van der Waals surface area contributed by atoms with Crippen LogP contribution in [0.1, 0.15) is 50.3 Å². The molecule has 0 heterocycles. The van der Waals surface area contributed by atoms with E-state index in [1.54, 1.807) is 0 Å². The van der Waals surface area contributed by atoms with E-state index >= 15 is 0 Å². The van der Waals surface area contributed by atoms with Crippen molar-refractivity contribution in [1.29, 1.82) is 0 Å². The van der Waals surface area contributed by atoms with Crippen LogP contribution in [0.15, 0.2) is 24.3 Å². The molecule has 3 heteroatoms. The molecular weight excluding hydrogens is 238 g/mol. The molecule has 0 saturated carbocycles. The number of esters is 1. The Hall–Kier alpha value is -1.35. The molecule has 0 fully saturated rings. The Morgan fingerprint density at radius 1 is 1.21 bits per heavy atom. The zero-order valence-electron chi connectivity index (χ0n) is 12.6. The van der Waals surface area contributed by atoms with E-state index in [1.807, 2.05) is 14.0 Å². The summed E-state index contributed by atoms with van der Waals surface area (Å²) in [6.07, 6.45) is 0.754. The standard InChI is InChI=1S/C16H25NO2/c1-6-14(16(18)19-5)15(17-4)13-9-7-12(8-10-13)11(2)3/h7-11,14-15,17H,6H2,1-5H3. The first-order valence-corrected chi connectivity index (χ1v) is 6.90. The lowest BCUT2D eigenvalue weighted by molar-refractivity contribution is -0.146. The minimum absolute atomic E-state index is 0.00124. The van der Waals surface area contributed by atoms with E-state index in [1.165, 1.54) is 12.7 Å². The van der Waals surface area contributed by atoms with Gasteiger partial charge in [0.1, 0.15) is 0 Å². The van der Waals surface area contributed by atoms with Crippen molar-refractivity contribution < 1.29 is 9.53 Å². The fourth-order valence-corrected chi connectivity index (χ4v) is 2.38. The Bertz CT molecular complexity index is 398. The summed E-state index contributed by atoms with van der Waals surface area (Å²) < 4.78 is 4.89. The van der Waals surface area contributed by atoms with Gasteiger partial charge in [0.05, 0.1) is 13.0 Å². The molecular formula is C16H25NO2. The van der Waals surface area contributed by atoms with Gasteiger partial charge >= 0.3 is 5.97 Å². The minimum Gasteiger partial charge on any atom is -0.469 e. The van der Waals surface area contributed by atoms with Crippen molar-refractivity contribution in [2.75, 3.05) is 14.2 Å². The molecule has 2 atom stereocenters. The largest absolute Gasteiger partial charge is 0.469 e. The predicted molar refractivity (Wildman–Crippen MR) is 78.1 cm³/mol. The molecule has 0 bridgehead atoms. The summed E-state index contributed by atoms with van der Waals surface area (Å²) in [4.78, 5) is 11.8. The van der Waals surface area contributed by atoms with Gasteiger partial charge < -0.3 is 10.1 Å². The molecule has 2 unspecified atom stereocenters. The smallest absolute Gasteiger partial charge is 0.310 e. The number of benzene rings is 1. The third-order valence-corrected chi connectivity index (χ3v) is 3.62. The summed E-state index contributed by atoms with van der Waals surface area (Å²) in [7, 11) is 3.33. The molecule has 0 aliphatic carbocycles. The Kier molecular flexibility index (Phi) is 6.03. The summed E-state index contributed by atoms with van der Waals surface area (Å²) in [5.41, 5.74) is 2.44. The predicted octanol–water partition coefficient (Wildman–Crippen LogP) is 3.27. The van der Waals surface area contributed by atoms with Crippen molar-refractivity contribution in [1.82, 2.24) is 5.32 Å². The maximum absolute atomic E-state index is 11.8. The highest BCUT2D eigenvalue weighted by molar-refractivity contribution is 5.73. The second-order valence-corrected chi connectivity index (χ2v) is 5.13. The van der Waals surface area contributed by atoms with Crippen LogP contribution in [0.25, 0.3) is 0 Å². The van der Waals surface area contributed by atoms with Crippen LogP contribution in [0.3, 0.4) is 0 Å². The number of carbonyl (C=O) groups excluding carboxylic acids is 1. The van der Waals surface area contributed by atoms with Crippen molar-refractivity contribution in [3.8, 4) is 0 Å². The molecule has 1 rings (SSSR count). The lowest BCUT2D eigenvalue weighted by atomic mass is 9.89. The van der Waals surface area contributed by atoms with Gasteiger partial charge in [-0.05, 0) is 30.5 Å². The van der Waals surface area contributed by atoms with Gasteiger partial charge in [0.15, 0.2) is 0 Å². The highest BCUT2D eigenvalue weighted by atomic mass is 16.5. The van der Waals surface area contributed by atoms with Crippen LogP contribution in [0, 0.1) is 5.92 Å². The fraction of sp³-hybridized carbons (Fsp3) is 0.562. The molecule has 0 saturated heterocycles. The van der Waals surface area contributed by atoms with Gasteiger partial charge in [-0.1, -0.05) is 45.0 Å². The molecule has 3 nitrogen and oxygen atoms in total. The van der Waals surface area contributed by atoms with Gasteiger partial charge in [-0.25, -0.2) is 0 Å². The van der Waals surface area contributed by atoms with Crippen LogP contribution in [0.2, 0.25) is 0 Å². The number of methoxy groups -OCH3 is 1. The third-order valence-electron chi connectivity index (χ3n) is 3.62.